The minimum Gasteiger partial charge on any atom is -0.466 e. The van der Waals surface area contributed by atoms with E-state index in [1.54, 1.807) is 0 Å². The molecule has 110 valence electrons. The van der Waals surface area contributed by atoms with Crippen molar-refractivity contribution in [2.75, 3.05) is 6.61 Å². The topological polar surface area (TPSA) is 43.4 Å². The van der Waals surface area contributed by atoms with Crippen LogP contribution in [-0.4, -0.2) is 18.4 Å². The molecule has 0 atom stereocenters. The van der Waals surface area contributed by atoms with Crippen LogP contribution in [0.25, 0.3) is 0 Å². The summed E-state index contributed by atoms with van der Waals surface area (Å²) in [5.74, 6) is -0.658. The normalized spacial score (nSPS) is 10.6. The lowest BCUT2D eigenvalue weighted by molar-refractivity contribution is -0.143. The summed E-state index contributed by atoms with van der Waals surface area (Å²) in [6.45, 7) is 2.35. The van der Waals surface area contributed by atoms with E-state index in [-0.39, 0.29) is 24.2 Å². The SMILES string of the molecule is CCCCOC(=O)CCC(=O)c1ccc(C(F)F)cc1. The number of alkyl halides is 2. The van der Waals surface area contributed by atoms with Crippen molar-refractivity contribution in [2.45, 2.75) is 39.0 Å². The van der Waals surface area contributed by atoms with Crippen LogP contribution in [0.15, 0.2) is 24.3 Å². The molecule has 0 saturated heterocycles. The second-order valence-corrected chi connectivity index (χ2v) is 4.42. The van der Waals surface area contributed by atoms with Crippen molar-refractivity contribution in [2.24, 2.45) is 0 Å². The van der Waals surface area contributed by atoms with Gasteiger partial charge in [-0.25, -0.2) is 8.78 Å². The standard InChI is InChI=1S/C15H18F2O3/c1-2-3-10-20-14(19)9-8-13(18)11-4-6-12(7-5-11)15(16)17/h4-7,15H,2-3,8-10H2,1H3. The first-order valence-electron chi connectivity index (χ1n) is 6.61. The van der Waals surface area contributed by atoms with Crippen molar-refractivity contribution in [3.05, 3.63) is 35.4 Å². The molecule has 0 radical (unpaired) electrons. The van der Waals surface area contributed by atoms with E-state index in [1.165, 1.54) is 24.3 Å². The number of unbranched alkanes of at least 4 members (excludes halogenated alkanes) is 1. The van der Waals surface area contributed by atoms with Gasteiger partial charge in [-0.3, -0.25) is 9.59 Å². The minimum absolute atomic E-state index is 0.0130. The van der Waals surface area contributed by atoms with Crippen LogP contribution in [0.1, 0.15) is 55.0 Å². The number of ketones is 1. The molecule has 1 aromatic rings. The molecular formula is C15H18F2O3. The summed E-state index contributed by atoms with van der Waals surface area (Å²) in [5.41, 5.74) is 0.205. The van der Waals surface area contributed by atoms with Crippen molar-refractivity contribution in [3.63, 3.8) is 0 Å². The third-order valence-electron chi connectivity index (χ3n) is 2.80. The molecule has 0 aliphatic heterocycles. The molecule has 3 nitrogen and oxygen atoms in total. The molecule has 1 aromatic carbocycles. The molecule has 0 aliphatic rings. The van der Waals surface area contributed by atoms with Crippen LogP contribution in [0.5, 0.6) is 0 Å². The summed E-state index contributed by atoms with van der Waals surface area (Å²) >= 11 is 0. The van der Waals surface area contributed by atoms with E-state index < -0.39 is 12.4 Å². The Balaban J connectivity index is 2.40. The van der Waals surface area contributed by atoms with Crippen molar-refractivity contribution < 1.29 is 23.1 Å². The van der Waals surface area contributed by atoms with E-state index in [9.17, 15) is 18.4 Å². The van der Waals surface area contributed by atoms with Crippen LogP contribution in [0.4, 0.5) is 8.78 Å². The number of Topliss-reactive ketones (excluding diaryl/α,β-unsaturated/α-hetero) is 1. The molecule has 0 heterocycles. The third kappa shape index (κ3) is 5.47. The van der Waals surface area contributed by atoms with Crippen molar-refractivity contribution in [1.29, 1.82) is 0 Å². The zero-order valence-corrected chi connectivity index (χ0v) is 11.4. The molecule has 0 N–H and O–H groups in total. The van der Waals surface area contributed by atoms with Crippen LogP contribution >= 0.6 is 0 Å². The Hall–Kier alpha value is -1.78. The molecule has 5 heteroatoms. The van der Waals surface area contributed by atoms with Crippen LogP contribution < -0.4 is 0 Å². The van der Waals surface area contributed by atoms with Crippen molar-refractivity contribution in [3.8, 4) is 0 Å². The van der Waals surface area contributed by atoms with Gasteiger partial charge in [-0.15, -0.1) is 0 Å². The van der Waals surface area contributed by atoms with E-state index >= 15 is 0 Å². The van der Waals surface area contributed by atoms with Crippen LogP contribution in [0, 0.1) is 0 Å². The van der Waals surface area contributed by atoms with Gasteiger partial charge in [0.1, 0.15) is 0 Å². The Bertz CT molecular complexity index is 441. The van der Waals surface area contributed by atoms with Crippen molar-refractivity contribution >= 4 is 11.8 Å². The molecule has 0 fully saturated rings. The van der Waals surface area contributed by atoms with E-state index in [0.717, 1.165) is 12.8 Å². The second kappa shape index (κ2) is 8.40. The fourth-order valence-electron chi connectivity index (χ4n) is 1.58. The lowest BCUT2D eigenvalue weighted by Gasteiger charge is -2.04. The molecule has 0 unspecified atom stereocenters. The van der Waals surface area contributed by atoms with Crippen LogP contribution in [0.3, 0.4) is 0 Å². The highest BCUT2D eigenvalue weighted by molar-refractivity contribution is 5.97. The Morgan fingerprint density at radius 3 is 2.35 bits per heavy atom. The van der Waals surface area contributed by atoms with Gasteiger partial charge in [-0.05, 0) is 6.42 Å². The third-order valence-corrected chi connectivity index (χ3v) is 2.80. The number of halogens is 2. The number of benzene rings is 1. The van der Waals surface area contributed by atoms with Gasteiger partial charge < -0.3 is 4.74 Å². The lowest BCUT2D eigenvalue weighted by Crippen LogP contribution is -2.09. The molecule has 0 bridgehead atoms. The van der Waals surface area contributed by atoms with Gasteiger partial charge in [-0.2, -0.15) is 0 Å². The zero-order chi connectivity index (χ0) is 15.0. The molecule has 1 rings (SSSR count). The largest absolute Gasteiger partial charge is 0.466 e. The number of rotatable bonds is 8. The van der Waals surface area contributed by atoms with Gasteiger partial charge >= 0.3 is 5.97 Å². The van der Waals surface area contributed by atoms with E-state index in [4.69, 9.17) is 4.74 Å². The molecular weight excluding hydrogens is 266 g/mol. The Morgan fingerprint density at radius 1 is 1.15 bits per heavy atom. The fraction of sp³-hybridized carbons (Fsp3) is 0.467. The average molecular weight is 284 g/mol. The Kier molecular flexibility index (Phi) is 6.84. The van der Waals surface area contributed by atoms with E-state index in [1.807, 2.05) is 6.92 Å². The Morgan fingerprint density at radius 2 is 1.80 bits per heavy atom. The number of ether oxygens (including phenoxy) is 1. The predicted octanol–water partition coefficient (Wildman–Crippen LogP) is 3.93. The summed E-state index contributed by atoms with van der Waals surface area (Å²) in [7, 11) is 0. The molecule has 0 amide bonds. The predicted molar refractivity (Wildman–Crippen MR) is 70.8 cm³/mol. The molecule has 0 aliphatic carbocycles. The van der Waals surface area contributed by atoms with E-state index in [2.05, 4.69) is 0 Å². The number of carbonyl (C=O) groups excluding carboxylic acids is 2. The molecule has 0 saturated carbocycles. The number of esters is 1. The highest BCUT2D eigenvalue weighted by atomic mass is 19.3. The first-order valence-corrected chi connectivity index (χ1v) is 6.61. The summed E-state index contributed by atoms with van der Waals surface area (Å²) < 4.78 is 29.6. The molecule has 0 aromatic heterocycles. The number of hydrogen-bond donors (Lipinski definition) is 0. The fourth-order valence-corrected chi connectivity index (χ4v) is 1.58. The molecule has 20 heavy (non-hydrogen) atoms. The maximum absolute atomic E-state index is 12.4. The number of carbonyl (C=O) groups is 2. The van der Waals surface area contributed by atoms with Crippen LogP contribution in [0.2, 0.25) is 0 Å². The summed E-state index contributed by atoms with van der Waals surface area (Å²) in [5, 5.41) is 0. The summed E-state index contributed by atoms with van der Waals surface area (Å²) in [4.78, 5) is 23.1. The van der Waals surface area contributed by atoms with Gasteiger partial charge in [0.2, 0.25) is 0 Å². The van der Waals surface area contributed by atoms with Gasteiger partial charge in [0.15, 0.2) is 5.78 Å². The maximum atomic E-state index is 12.4. The summed E-state index contributed by atoms with van der Waals surface area (Å²) in [6.07, 6.45) is -0.775. The highest BCUT2D eigenvalue weighted by Gasteiger charge is 2.12. The quantitative estimate of drug-likeness (QED) is 0.412. The van der Waals surface area contributed by atoms with Crippen LogP contribution in [-0.2, 0) is 9.53 Å². The lowest BCUT2D eigenvalue weighted by atomic mass is 10.0. The van der Waals surface area contributed by atoms with Gasteiger partial charge in [0.05, 0.1) is 13.0 Å². The molecule has 0 spiro atoms. The maximum Gasteiger partial charge on any atom is 0.306 e. The average Bonchev–Trinajstić information content (AvgIpc) is 2.45. The van der Waals surface area contributed by atoms with E-state index in [0.29, 0.717) is 12.2 Å². The minimum atomic E-state index is -2.55. The summed E-state index contributed by atoms with van der Waals surface area (Å²) in [6, 6.07) is 5.15. The second-order valence-electron chi connectivity index (χ2n) is 4.42. The smallest absolute Gasteiger partial charge is 0.306 e. The van der Waals surface area contributed by atoms with Gasteiger partial charge in [0, 0.05) is 17.5 Å². The first kappa shape index (κ1) is 16.3. The Labute approximate surface area is 116 Å². The monoisotopic (exact) mass is 284 g/mol. The van der Waals surface area contributed by atoms with Gasteiger partial charge in [0.25, 0.3) is 6.43 Å². The first-order chi connectivity index (χ1) is 9.54. The van der Waals surface area contributed by atoms with Crippen molar-refractivity contribution in [1.82, 2.24) is 0 Å². The zero-order valence-electron chi connectivity index (χ0n) is 11.4. The highest BCUT2D eigenvalue weighted by Crippen LogP contribution is 2.19. The van der Waals surface area contributed by atoms with Gasteiger partial charge in [-0.1, -0.05) is 37.6 Å². The number of hydrogen-bond acceptors (Lipinski definition) is 3.